The molecule has 0 saturated heterocycles. The van der Waals surface area contributed by atoms with E-state index in [9.17, 15) is 4.39 Å². The number of halogens is 1. The van der Waals surface area contributed by atoms with Crippen LogP contribution in [0.3, 0.4) is 0 Å². The first-order valence-electron chi connectivity index (χ1n) is 8.15. The van der Waals surface area contributed by atoms with Gasteiger partial charge >= 0.3 is 0 Å². The summed E-state index contributed by atoms with van der Waals surface area (Å²) in [5.41, 5.74) is 0.959. The highest BCUT2D eigenvalue weighted by Gasteiger charge is 2.42. The Labute approximate surface area is 128 Å². The molecule has 1 aromatic rings. The fourth-order valence-corrected chi connectivity index (χ4v) is 3.41. The quantitative estimate of drug-likeness (QED) is 0.836. The number of ether oxygens (including phenoxy) is 1. The number of rotatable bonds is 6. The third kappa shape index (κ3) is 3.83. The maximum atomic E-state index is 13.2. The average molecular weight is 293 g/mol. The molecule has 1 aliphatic carbocycles. The monoisotopic (exact) mass is 293 g/mol. The standard InChI is InChI=1S/C18H28FNO/c1-4-13-20-17(15-5-7-16(19)8-6-15)18(21-3)11-9-14(2)10-12-18/h5-8,14,17,20H,4,9-13H2,1-3H3. The molecule has 1 aliphatic rings. The van der Waals surface area contributed by atoms with Crippen molar-refractivity contribution in [3.8, 4) is 0 Å². The fraction of sp³-hybridized carbons (Fsp3) is 0.667. The van der Waals surface area contributed by atoms with Gasteiger partial charge in [0.05, 0.1) is 11.6 Å². The van der Waals surface area contributed by atoms with Gasteiger partial charge in [0, 0.05) is 7.11 Å². The van der Waals surface area contributed by atoms with Crippen molar-refractivity contribution in [1.29, 1.82) is 0 Å². The van der Waals surface area contributed by atoms with Crippen LogP contribution < -0.4 is 5.32 Å². The highest BCUT2D eigenvalue weighted by molar-refractivity contribution is 5.24. The van der Waals surface area contributed by atoms with Crippen molar-refractivity contribution in [1.82, 2.24) is 5.32 Å². The molecule has 1 saturated carbocycles. The van der Waals surface area contributed by atoms with Crippen molar-refractivity contribution in [2.45, 2.75) is 57.6 Å². The Hall–Kier alpha value is -0.930. The maximum absolute atomic E-state index is 13.2. The zero-order valence-corrected chi connectivity index (χ0v) is 13.5. The van der Waals surface area contributed by atoms with E-state index >= 15 is 0 Å². The Morgan fingerprint density at radius 3 is 2.43 bits per heavy atom. The predicted molar refractivity (Wildman–Crippen MR) is 84.8 cm³/mol. The number of methoxy groups -OCH3 is 1. The zero-order valence-electron chi connectivity index (χ0n) is 13.5. The number of benzene rings is 1. The first-order chi connectivity index (χ1) is 10.1. The first kappa shape index (κ1) is 16.4. The largest absolute Gasteiger partial charge is 0.376 e. The summed E-state index contributed by atoms with van der Waals surface area (Å²) in [4.78, 5) is 0. The first-order valence-corrected chi connectivity index (χ1v) is 8.15. The minimum atomic E-state index is -0.184. The molecule has 21 heavy (non-hydrogen) atoms. The van der Waals surface area contributed by atoms with Gasteiger partial charge in [-0.15, -0.1) is 0 Å². The van der Waals surface area contributed by atoms with Crippen LogP contribution in [0, 0.1) is 11.7 Å². The van der Waals surface area contributed by atoms with Gasteiger partial charge in [0.15, 0.2) is 0 Å². The van der Waals surface area contributed by atoms with Gasteiger partial charge in [0.25, 0.3) is 0 Å². The summed E-state index contributed by atoms with van der Waals surface area (Å²) in [6.07, 6.45) is 5.58. The van der Waals surface area contributed by atoms with E-state index in [2.05, 4.69) is 19.2 Å². The molecule has 1 aromatic carbocycles. The minimum absolute atomic E-state index is 0.135. The van der Waals surface area contributed by atoms with Crippen molar-refractivity contribution < 1.29 is 9.13 Å². The number of hydrogen-bond donors (Lipinski definition) is 1. The third-order valence-corrected chi connectivity index (χ3v) is 4.86. The van der Waals surface area contributed by atoms with E-state index in [4.69, 9.17) is 4.74 Å². The summed E-state index contributed by atoms with van der Waals surface area (Å²) in [6.45, 7) is 5.42. The second-order valence-corrected chi connectivity index (χ2v) is 6.39. The van der Waals surface area contributed by atoms with Crippen LogP contribution in [0.25, 0.3) is 0 Å². The van der Waals surface area contributed by atoms with Crippen molar-refractivity contribution >= 4 is 0 Å². The van der Waals surface area contributed by atoms with Gasteiger partial charge in [-0.3, -0.25) is 0 Å². The smallest absolute Gasteiger partial charge is 0.123 e. The Bertz CT molecular complexity index is 423. The Morgan fingerprint density at radius 1 is 1.29 bits per heavy atom. The van der Waals surface area contributed by atoms with Gasteiger partial charge in [0.2, 0.25) is 0 Å². The van der Waals surface area contributed by atoms with E-state index in [1.165, 1.54) is 12.8 Å². The molecule has 0 spiro atoms. The van der Waals surface area contributed by atoms with E-state index in [1.54, 1.807) is 12.1 Å². The van der Waals surface area contributed by atoms with Crippen molar-refractivity contribution in [2.75, 3.05) is 13.7 Å². The van der Waals surface area contributed by atoms with E-state index in [0.717, 1.165) is 37.3 Å². The van der Waals surface area contributed by atoms with E-state index in [1.807, 2.05) is 19.2 Å². The lowest BCUT2D eigenvalue weighted by molar-refractivity contribution is -0.0760. The maximum Gasteiger partial charge on any atom is 0.123 e. The van der Waals surface area contributed by atoms with Crippen LogP contribution in [0.5, 0.6) is 0 Å². The van der Waals surface area contributed by atoms with Gasteiger partial charge < -0.3 is 10.1 Å². The molecule has 0 aromatic heterocycles. The van der Waals surface area contributed by atoms with E-state index in [-0.39, 0.29) is 17.5 Å². The Balaban J connectivity index is 2.26. The molecule has 0 aliphatic heterocycles. The molecule has 1 N–H and O–H groups in total. The fourth-order valence-electron chi connectivity index (χ4n) is 3.41. The lowest BCUT2D eigenvalue weighted by Gasteiger charge is -2.44. The summed E-state index contributed by atoms with van der Waals surface area (Å²) in [5, 5.41) is 3.63. The molecule has 0 amide bonds. The average Bonchev–Trinajstić information content (AvgIpc) is 2.51. The van der Waals surface area contributed by atoms with Crippen molar-refractivity contribution in [3.05, 3.63) is 35.6 Å². The molecule has 2 nitrogen and oxygen atoms in total. The SMILES string of the molecule is CCCNC(c1ccc(F)cc1)C1(OC)CCC(C)CC1. The van der Waals surface area contributed by atoms with Crippen LogP contribution in [0.2, 0.25) is 0 Å². The van der Waals surface area contributed by atoms with Crippen LogP contribution in [0.15, 0.2) is 24.3 Å². The molecule has 1 fully saturated rings. The summed E-state index contributed by atoms with van der Waals surface area (Å²) in [5.74, 6) is 0.588. The number of hydrogen-bond acceptors (Lipinski definition) is 2. The molecule has 0 radical (unpaired) electrons. The molecule has 3 heteroatoms. The minimum Gasteiger partial charge on any atom is -0.376 e. The third-order valence-electron chi connectivity index (χ3n) is 4.86. The second kappa shape index (κ2) is 7.37. The molecule has 1 unspecified atom stereocenters. The topological polar surface area (TPSA) is 21.3 Å². The lowest BCUT2D eigenvalue weighted by atomic mass is 9.73. The molecule has 2 rings (SSSR count). The van der Waals surface area contributed by atoms with Crippen LogP contribution in [-0.4, -0.2) is 19.3 Å². The Morgan fingerprint density at radius 2 is 1.90 bits per heavy atom. The molecule has 0 heterocycles. The molecule has 0 bridgehead atoms. The van der Waals surface area contributed by atoms with Crippen LogP contribution in [0.1, 0.15) is 57.6 Å². The van der Waals surface area contributed by atoms with Gasteiger partial charge in [-0.25, -0.2) is 4.39 Å². The highest BCUT2D eigenvalue weighted by Crippen LogP contribution is 2.42. The van der Waals surface area contributed by atoms with Crippen molar-refractivity contribution in [2.24, 2.45) is 5.92 Å². The zero-order chi connectivity index (χ0) is 15.3. The molecule has 1 atom stereocenters. The van der Waals surface area contributed by atoms with E-state index in [0.29, 0.717) is 0 Å². The lowest BCUT2D eigenvalue weighted by Crippen LogP contribution is -2.48. The summed E-state index contributed by atoms with van der Waals surface area (Å²) in [6, 6.07) is 7.01. The summed E-state index contributed by atoms with van der Waals surface area (Å²) >= 11 is 0. The predicted octanol–water partition coefficient (Wildman–Crippen LogP) is 4.46. The molecular formula is C18H28FNO. The van der Waals surface area contributed by atoms with Gasteiger partial charge in [-0.2, -0.15) is 0 Å². The van der Waals surface area contributed by atoms with Crippen molar-refractivity contribution in [3.63, 3.8) is 0 Å². The molecule has 118 valence electrons. The van der Waals surface area contributed by atoms with Gasteiger partial charge in [-0.05, 0) is 62.3 Å². The normalized spacial score (nSPS) is 27.5. The van der Waals surface area contributed by atoms with Gasteiger partial charge in [-0.1, -0.05) is 26.0 Å². The second-order valence-electron chi connectivity index (χ2n) is 6.39. The number of nitrogens with one attached hydrogen (secondary N) is 1. The van der Waals surface area contributed by atoms with E-state index < -0.39 is 0 Å². The highest BCUT2D eigenvalue weighted by atomic mass is 19.1. The summed E-state index contributed by atoms with van der Waals surface area (Å²) < 4.78 is 19.2. The van der Waals surface area contributed by atoms with Crippen LogP contribution in [-0.2, 0) is 4.74 Å². The molecular weight excluding hydrogens is 265 g/mol. The van der Waals surface area contributed by atoms with Crippen LogP contribution in [0.4, 0.5) is 4.39 Å². The van der Waals surface area contributed by atoms with Crippen LogP contribution >= 0.6 is 0 Å². The Kier molecular flexibility index (Phi) is 5.77. The summed E-state index contributed by atoms with van der Waals surface area (Å²) in [7, 11) is 1.82. The van der Waals surface area contributed by atoms with Gasteiger partial charge in [0.1, 0.15) is 5.82 Å².